The molecule has 0 aromatic heterocycles. The van der Waals surface area contributed by atoms with E-state index >= 15 is 0 Å². The molecular formula is C6H8N12O13. The van der Waals surface area contributed by atoms with Gasteiger partial charge in [0.25, 0.3) is 37.0 Å². The summed E-state index contributed by atoms with van der Waals surface area (Å²) in [5.74, 6) is 0. The molecule has 5 rings (SSSR count). The van der Waals surface area contributed by atoms with E-state index in [-0.39, 0.29) is 35.5 Å². The van der Waals surface area contributed by atoms with E-state index < -0.39 is 67.2 Å². The minimum atomic E-state index is -2.47. The van der Waals surface area contributed by atoms with E-state index in [0.29, 0.717) is 0 Å². The quantitative estimate of drug-likeness (QED) is 0.267. The van der Waals surface area contributed by atoms with Crippen molar-refractivity contribution in [3.8, 4) is 0 Å². The Morgan fingerprint density at radius 3 is 0.516 bits per heavy atom. The van der Waals surface area contributed by atoms with Crippen molar-refractivity contribution in [3.05, 3.63) is 60.7 Å². The summed E-state index contributed by atoms with van der Waals surface area (Å²) in [5, 5.41) is 60.5. The van der Waals surface area contributed by atoms with Crippen LogP contribution in [0, 0.1) is 60.7 Å². The highest BCUT2D eigenvalue weighted by atomic mass is 16.7. The molecule has 0 aliphatic carbocycles. The Balaban J connectivity index is 0.00000272. The average molecular weight is 456 g/mol. The van der Waals surface area contributed by atoms with Gasteiger partial charge in [0.1, 0.15) is 0 Å². The zero-order valence-electron chi connectivity index (χ0n) is 14.2. The Morgan fingerprint density at radius 1 is 0.355 bits per heavy atom. The first kappa shape index (κ1) is 20.9. The van der Waals surface area contributed by atoms with Crippen molar-refractivity contribution in [1.29, 1.82) is 0 Å². The molecule has 0 unspecified atom stereocenters. The molecule has 5 aliphatic heterocycles. The third-order valence-electron chi connectivity index (χ3n) is 5.18. The van der Waals surface area contributed by atoms with Crippen LogP contribution >= 0.6 is 0 Å². The van der Waals surface area contributed by atoms with Gasteiger partial charge in [-0.15, -0.1) is 0 Å². The van der Waals surface area contributed by atoms with E-state index in [1.165, 1.54) is 0 Å². The van der Waals surface area contributed by atoms with Crippen molar-refractivity contribution in [2.45, 2.75) is 37.0 Å². The number of piperazine rings is 1. The molecule has 0 atom stereocenters. The molecule has 25 heteroatoms. The van der Waals surface area contributed by atoms with Gasteiger partial charge in [0.15, 0.2) is 30.2 Å². The van der Waals surface area contributed by atoms with Crippen LogP contribution in [0.25, 0.3) is 0 Å². The highest BCUT2D eigenvalue weighted by Crippen LogP contribution is 2.51. The van der Waals surface area contributed by atoms with Crippen LogP contribution in [0.1, 0.15) is 0 Å². The number of hydrogen-bond acceptors (Lipinski definition) is 12. The van der Waals surface area contributed by atoms with Crippen LogP contribution < -0.4 is 0 Å². The normalized spacial score (nSPS) is 32.1. The second-order valence-electron chi connectivity index (χ2n) is 6.19. The van der Waals surface area contributed by atoms with Crippen molar-refractivity contribution < 1.29 is 35.7 Å². The van der Waals surface area contributed by atoms with Crippen molar-refractivity contribution in [3.63, 3.8) is 0 Å². The Labute approximate surface area is 164 Å². The zero-order valence-corrected chi connectivity index (χ0v) is 14.2. The minimum Gasteiger partial charge on any atom is -0.412 e. The lowest BCUT2D eigenvalue weighted by Gasteiger charge is -2.39. The Morgan fingerprint density at radius 2 is 0.452 bits per heavy atom. The lowest BCUT2D eigenvalue weighted by molar-refractivity contribution is -0.792. The van der Waals surface area contributed by atoms with Gasteiger partial charge >= 0.3 is 0 Å². The van der Waals surface area contributed by atoms with E-state index in [4.69, 9.17) is 0 Å². The minimum absolute atomic E-state index is 0. The highest BCUT2D eigenvalue weighted by molar-refractivity contribution is 5.09. The van der Waals surface area contributed by atoms with Gasteiger partial charge in [-0.05, 0) is 0 Å². The van der Waals surface area contributed by atoms with Gasteiger partial charge in [-0.2, -0.15) is 0 Å². The van der Waals surface area contributed by atoms with Gasteiger partial charge in [0, 0.05) is 0 Å². The first-order valence-electron chi connectivity index (χ1n) is 7.49. The second kappa shape index (κ2) is 6.08. The molecule has 25 nitrogen and oxygen atoms in total. The maximum absolute atomic E-state index is 11.7. The average Bonchev–Trinajstić information content (AvgIpc) is 3.03. The van der Waals surface area contributed by atoms with Crippen LogP contribution in [-0.2, 0) is 0 Å². The summed E-state index contributed by atoms with van der Waals surface area (Å²) in [6.07, 6.45) is -14.4. The third kappa shape index (κ3) is 2.15. The summed E-state index contributed by atoms with van der Waals surface area (Å²) in [6, 6.07) is 0. The van der Waals surface area contributed by atoms with E-state index in [0.717, 1.165) is 0 Å². The molecular weight excluding hydrogens is 448 g/mol. The van der Waals surface area contributed by atoms with Gasteiger partial charge < -0.3 is 5.48 Å². The largest absolute Gasteiger partial charge is 0.412 e. The molecule has 6 bridgehead atoms. The Kier molecular flexibility index (Phi) is 4.09. The molecule has 5 heterocycles. The van der Waals surface area contributed by atoms with E-state index in [9.17, 15) is 60.7 Å². The van der Waals surface area contributed by atoms with Crippen molar-refractivity contribution in [2.24, 2.45) is 0 Å². The van der Waals surface area contributed by atoms with E-state index in [1.54, 1.807) is 0 Å². The van der Waals surface area contributed by atoms with Gasteiger partial charge in [-0.25, -0.2) is 60.7 Å². The standard InChI is InChI=1S/C6H6N12O12.H2O/c19-13(20)7-1-2-8(14(21)22)5(7)6-9(15(23)24)3(11(1)17(27)28)4(10(6)16(25)26)12(2)18(29)30;/h1-6H;1H2. The summed E-state index contributed by atoms with van der Waals surface area (Å²) in [4.78, 5) is 69.9. The van der Waals surface area contributed by atoms with Crippen molar-refractivity contribution >= 4 is 0 Å². The number of hydrazine groups is 6. The van der Waals surface area contributed by atoms with Crippen molar-refractivity contribution in [2.75, 3.05) is 0 Å². The third-order valence-corrected chi connectivity index (χ3v) is 5.18. The van der Waals surface area contributed by atoms with Crippen LogP contribution in [0.4, 0.5) is 0 Å². The highest BCUT2D eigenvalue weighted by Gasteiger charge is 2.89. The molecule has 5 aliphatic rings. The Hall–Kier alpha value is -4.84. The SMILES string of the molecule is O.O=[N+]([O-])N1C2C3N([N+](=O)[O-])C1C1N([N+](=O)[O-])C(C(N1[N+](=O)[O-])N3[N+](=O)[O-])N2[N+](=O)[O-]. The fourth-order valence-electron chi connectivity index (χ4n) is 4.46. The van der Waals surface area contributed by atoms with Gasteiger partial charge in [0.05, 0.1) is 0 Å². The molecule has 5 fully saturated rings. The predicted octanol–water partition coefficient (Wildman–Crippen LogP) is -4.87. The molecule has 31 heavy (non-hydrogen) atoms. The first-order valence-corrected chi connectivity index (χ1v) is 7.49. The first-order chi connectivity index (χ1) is 13.9. The van der Waals surface area contributed by atoms with Crippen LogP contribution in [0.5, 0.6) is 0 Å². The van der Waals surface area contributed by atoms with Crippen LogP contribution in [-0.4, -0.2) is 103 Å². The number of nitrogens with zero attached hydrogens (tertiary/aromatic N) is 12. The number of hydrogen-bond donors (Lipinski definition) is 0. The molecule has 0 aromatic carbocycles. The predicted molar refractivity (Wildman–Crippen MR) is 79.3 cm³/mol. The zero-order chi connectivity index (χ0) is 22.4. The Bertz CT molecular complexity index is 783. The summed E-state index contributed by atoms with van der Waals surface area (Å²) < 4.78 is 0. The molecule has 0 amide bonds. The van der Waals surface area contributed by atoms with Gasteiger partial charge in [0.2, 0.25) is 0 Å². The molecule has 0 spiro atoms. The maximum Gasteiger partial charge on any atom is 0.272 e. The van der Waals surface area contributed by atoms with E-state index in [2.05, 4.69) is 0 Å². The number of nitro groups is 6. The second-order valence-corrected chi connectivity index (χ2v) is 6.19. The fraction of sp³-hybridized carbons (Fsp3) is 1.00. The molecule has 0 radical (unpaired) electrons. The maximum atomic E-state index is 11.7. The smallest absolute Gasteiger partial charge is 0.272 e. The number of rotatable bonds is 6. The summed E-state index contributed by atoms with van der Waals surface area (Å²) in [6.45, 7) is 0. The molecule has 5 saturated heterocycles. The molecule has 170 valence electrons. The fourth-order valence-corrected chi connectivity index (χ4v) is 4.46. The lowest BCUT2D eigenvalue weighted by atomic mass is 10.2. The van der Waals surface area contributed by atoms with Gasteiger partial charge in [-0.1, -0.05) is 30.1 Å². The lowest BCUT2D eigenvalue weighted by Crippen LogP contribution is -2.77. The molecule has 0 saturated carbocycles. The summed E-state index contributed by atoms with van der Waals surface area (Å²) >= 11 is 0. The topological polar surface area (TPSA) is 310 Å². The van der Waals surface area contributed by atoms with Crippen LogP contribution in [0.3, 0.4) is 0 Å². The van der Waals surface area contributed by atoms with Crippen LogP contribution in [0.15, 0.2) is 0 Å². The monoisotopic (exact) mass is 456 g/mol. The van der Waals surface area contributed by atoms with Gasteiger partial charge in [-0.3, -0.25) is 0 Å². The van der Waals surface area contributed by atoms with Crippen molar-refractivity contribution in [1.82, 2.24) is 30.1 Å². The molecule has 0 aromatic rings. The van der Waals surface area contributed by atoms with E-state index in [1.807, 2.05) is 0 Å². The summed E-state index contributed by atoms with van der Waals surface area (Å²) in [7, 11) is 0. The summed E-state index contributed by atoms with van der Waals surface area (Å²) in [5.41, 5.74) is 0. The van der Waals surface area contributed by atoms with Crippen LogP contribution in [0.2, 0.25) is 0 Å². The molecule has 2 N–H and O–H groups in total.